The molecule has 0 amide bonds. The van der Waals surface area contributed by atoms with Gasteiger partial charge in [0.15, 0.2) is 0 Å². The van der Waals surface area contributed by atoms with E-state index in [4.69, 9.17) is 4.74 Å². The predicted octanol–water partition coefficient (Wildman–Crippen LogP) is 6.87. The summed E-state index contributed by atoms with van der Waals surface area (Å²) >= 11 is 0. The molecule has 3 heteroatoms. The van der Waals surface area contributed by atoms with Crippen LogP contribution in [-0.4, -0.2) is 28.7 Å². The number of aliphatic hydroxyl groups is 1. The Hall–Kier alpha value is -0.670. The zero-order valence-corrected chi connectivity index (χ0v) is 22.5. The minimum Gasteiger partial charge on any atom is -0.390 e. The molecule has 3 saturated carbocycles. The molecule has 1 heterocycles. The average molecular weight is 457 g/mol. The highest BCUT2D eigenvalue weighted by Crippen LogP contribution is 2.74. The van der Waals surface area contributed by atoms with Crippen LogP contribution in [0.15, 0.2) is 11.1 Å². The maximum Gasteiger partial charge on any atom is 0.138 e. The SMILES string of the molecule is CC(CC(O)C1OC1(C)C)C1=C2CCC3C4(C)CCC(=O)C(C)(C)C4CCC3(C)C2(C)CC1. The van der Waals surface area contributed by atoms with Gasteiger partial charge in [-0.2, -0.15) is 0 Å². The van der Waals surface area contributed by atoms with Crippen molar-refractivity contribution >= 4 is 5.78 Å². The molecule has 5 aliphatic rings. The van der Waals surface area contributed by atoms with Crippen LogP contribution in [0.5, 0.6) is 0 Å². The van der Waals surface area contributed by atoms with Crippen molar-refractivity contribution in [2.24, 2.45) is 39.4 Å². The number of hydrogen-bond acceptors (Lipinski definition) is 3. The Bertz CT molecular complexity index is 883. The Kier molecular flexibility index (Phi) is 5.24. The van der Waals surface area contributed by atoms with Crippen molar-refractivity contribution in [1.82, 2.24) is 0 Å². The number of carbonyl (C=O) groups excluding carboxylic acids is 1. The van der Waals surface area contributed by atoms with E-state index < -0.39 is 0 Å². The van der Waals surface area contributed by atoms with Crippen LogP contribution in [0.25, 0.3) is 0 Å². The molecule has 3 nitrogen and oxygen atoms in total. The first-order valence-electron chi connectivity index (χ1n) is 13.8. The zero-order valence-electron chi connectivity index (χ0n) is 22.5. The summed E-state index contributed by atoms with van der Waals surface area (Å²) in [4.78, 5) is 12.9. The molecule has 0 aromatic carbocycles. The Morgan fingerprint density at radius 2 is 1.61 bits per heavy atom. The van der Waals surface area contributed by atoms with Gasteiger partial charge in [-0.05, 0) is 99.2 Å². The highest BCUT2D eigenvalue weighted by atomic mass is 16.6. The number of carbonyl (C=O) groups is 1. The third-order valence-corrected chi connectivity index (χ3v) is 12.3. The van der Waals surface area contributed by atoms with Crippen LogP contribution in [0.2, 0.25) is 0 Å². The van der Waals surface area contributed by atoms with Gasteiger partial charge in [0.2, 0.25) is 0 Å². The second kappa shape index (κ2) is 7.19. The third-order valence-electron chi connectivity index (χ3n) is 12.3. The van der Waals surface area contributed by atoms with Crippen LogP contribution in [0.4, 0.5) is 0 Å². The molecule has 1 N–H and O–H groups in total. The van der Waals surface area contributed by atoms with Crippen LogP contribution in [0, 0.1) is 39.4 Å². The summed E-state index contributed by atoms with van der Waals surface area (Å²) in [7, 11) is 0. The molecule has 0 aromatic heterocycles. The van der Waals surface area contributed by atoms with Crippen molar-refractivity contribution in [3.63, 3.8) is 0 Å². The van der Waals surface area contributed by atoms with Gasteiger partial charge in [-0.1, -0.05) is 52.7 Å². The van der Waals surface area contributed by atoms with Gasteiger partial charge in [0.1, 0.15) is 11.9 Å². The van der Waals surface area contributed by atoms with E-state index >= 15 is 0 Å². The lowest BCUT2D eigenvalue weighted by Crippen LogP contribution is -2.62. The summed E-state index contributed by atoms with van der Waals surface area (Å²) in [5, 5.41) is 10.8. The van der Waals surface area contributed by atoms with Crippen LogP contribution in [-0.2, 0) is 9.53 Å². The van der Waals surface area contributed by atoms with Crippen LogP contribution in [0.1, 0.15) is 113 Å². The van der Waals surface area contributed by atoms with Gasteiger partial charge in [0.05, 0.1) is 11.7 Å². The Morgan fingerprint density at radius 3 is 2.24 bits per heavy atom. The largest absolute Gasteiger partial charge is 0.390 e. The predicted molar refractivity (Wildman–Crippen MR) is 133 cm³/mol. The molecule has 186 valence electrons. The number of hydrogen-bond donors (Lipinski definition) is 1. The first-order chi connectivity index (χ1) is 15.2. The first kappa shape index (κ1) is 24.0. The van der Waals surface area contributed by atoms with E-state index in [0.717, 1.165) is 19.3 Å². The van der Waals surface area contributed by atoms with E-state index in [0.29, 0.717) is 29.0 Å². The van der Waals surface area contributed by atoms with Crippen LogP contribution >= 0.6 is 0 Å². The summed E-state index contributed by atoms with van der Waals surface area (Å²) in [5.74, 6) is 2.14. The third kappa shape index (κ3) is 3.16. The van der Waals surface area contributed by atoms with Gasteiger partial charge in [-0.15, -0.1) is 0 Å². The number of ketones is 1. The number of epoxide rings is 1. The van der Waals surface area contributed by atoms with Crippen molar-refractivity contribution in [2.75, 3.05) is 0 Å². The molecule has 1 saturated heterocycles. The average Bonchev–Trinajstić information content (AvgIpc) is 3.20. The Morgan fingerprint density at radius 1 is 0.939 bits per heavy atom. The summed E-state index contributed by atoms with van der Waals surface area (Å²) < 4.78 is 5.74. The smallest absolute Gasteiger partial charge is 0.138 e. The van der Waals surface area contributed by atoms with E-state index in [9.17, 15) is 9.90 Å². The number of Topliss-reactive ketones (excluding diaryl/α,β-unsaturated/α-hetero) is 1. The molecule has 5 rings (SSSR count). The molecule has 0 spiro atoms. The van der Waals surface area contributed by atoms with Crippen molar-refractivity contribution in [1.29, 1.82) is 0 Å². The van der Waals surface area contributed by atoms with Gasteiger partial charge in [-0.25, -0.2) is 0 Å². The molecule has 8 unspecified atom stereocenters. The van der Waals surface area contributed by atoms with Crippen LogP contribution < -0.4 is 0 Å². The van der Waals surface area contributed by atoms with Crippen LogP contribution in [0.3, 0.4) is 0 Å². The van der Waals surface area contributed by atoms with Crippen molar-refractivity contribution in [3.8, 4) is 0 Å². The first-order valence-corrected chi connectivity index (χ1v) is 13.8. The molecule has 8 atom stereocenters. The quantitative estimate of drug-likeness (QED) is 0.371. The molecule has 4 fully saturated rings. The zero-order chi connectivity index (χ0) is 24.2. The minimum absolute atomic E-state index is 0.000756. The summed E-state index contributed by atoms with van der Waals surface area (Å²) in [5.41, 5.74) is 3.92. The normalized spacial score (nSPS) is 47.4. The lowest BCUT2D eigenvalue weighted by molar-refractivity contribution is -0.180. The molecular weight excluding hydrogens is 408 g/mol. The highest BCUT2D eigenvalue weighted by Gasteiger charge is 2.66. The van der Waals surface area contributed by atoms with Gasteiger partial charge in [0.25, 0.3) is 0 Å². The summed E-state index contributed by atoms with van der Waals surface area (Å²) in [6, 6.07) is 0. The number of rotatable bonds is 4. The Balaban J connectivity index is 1.43. The van der Waals surface area contributed by atoms with Gasteiger partial charge in [-0.3, -0.25) is 4.79 Å². The summed E-state index contributed by atoms with van der Waals surface area (Å²) in [6.45, 7) is 18.7. The Labute approximate surface area is 202 Å². The van der Waals surface area contributed by atoms with Gasteiger partial charge in [0, 0.05) is 11.8 Å². The molecule has 4 aliphatic carbocycles. The fourth-order valence-electron chi connectivity index (χ4n) is 10.1. The van der Waals surface area contributed by atoms with E-state index in [1.807, 2.05) is 0 Å². The molecule has 0 aromatic rings. The molecule has 0 radical (unpaired) electrons. The van der Waals surface area contributed by atoms with Crippen molar-refractivity contribution in [2.45, 2.75) is 131 Å². The number of fused-ring (bicyclic) bond motifs is 5. The molecular formula is C30H48O3. The maximum absolute atomic E-state index is 12.9. The lowest BCUT2D eigenvalue weighted by Gasteiger charge is -2.68. The summed E-state index contributed by atoms with van der Waals surface area (Å²) in [6.07, 6.45) is 9.71. The fourth-order valence-corrected chi connectivity index (χ4v) is 10.1. The monoisotopic (exact) mass is 456 g/mol. The van der Waals surface area contributed by atoms with Gasteiger partial charge < -0.3 is 9.84 Å². The second-order valence-electron chi connectivity index (χ2n) is 14.4. The number of ether oxygens (including phenoxy) is 1. The minimum atomic E-state index is -0.363. The van der Waals surface area contributed by atoms with Gasteiger partial charge >= 0.3 is 0 Å². The molecule has 0 bridgehead atoms. The van der Waals surface area contributed by atoms with E-state index in [2.05, 4.69) is 55.4 Å². The van der Waals surface area contributed by atoms with E-state index in [1.165, 1.54) is 38.5 Å². The second-order valence-corrected chi connectivity index (χ2v) is 14.4. The van der Waals surface area contributed by atoms with E-state index in [-0.39, 0.29) is 34.1 Å². The standard InChI is InChI=1S/C30H48O3/c1-18(17-21(31)25-27(4,5)33-25)19-11-15-29(7)20(19)9-10-23-28(6)14-13-24(32)26(2,3)22(28)12-16-30(23,29)8/h18,21-23,25,31H,9-17H2,1-8H3. The van der Waals surface area contributed by atoms with E-state index in [1.54, 1.807) is 11.1 Å². The van der Waals surface area contributed by atoms with Crippen molar-refractivity contribution < 1.29 is 14.6 Å². The molecule has 1 aliphatic heterocycles. The lowest BCUT2D eigenvalue weighted by atomic mass is 9.36. The fraction of sp³-hybridized carbons (Fsp3) is 0.900. The molecule has 33 heavy (non-hydrogen) atoms. The number of aliphatic hydroxyl groups excluding tert-OH is 1. The highest BCUT2D eigenvalue weighted by molar-refractivity contribution is 5.85. The number of allylic oxidation sites excluding steroid dienone is 2. The topological polar surface area (TPSA) is 49.8 Å². The van der Waals surface area contributed by atoms with Crippen molar-refractivity contribution in [3.05, 3.63) is 11.1 Å². The maximum atomic E-state index is 12.9.